The molecule has 1 aromatic carbocycles. The van der Waals surface area contributed by atoms with E-state index in [2.05, 4.69) is 0 Å². The first-order chi connectivity index (χ1) is 12.6. The second-order valence-corrected chi connectivity index (χ2v) is 7.90. The van der Waals surface area contributed by atoms with E-state index < -0.39 is 17.7 Å². The summed E-state index contributed by atoms with van der Waals surface area (Å²) < 4.78 is 38.6. The van der Waals surface area contributed by atoms with Crippen LogP contribution in [0.15, 0.2) is 24.3 Å². The zero-order valence-corrected chi connectivity index (χ0v) is 15.3. The first-order valence-corrected chi connectivity index (χ1v) is 9.04. The van der Waals surface area contributed by atoms with Crippen molar-refractivity contribution in [1.29, 1.82) is 0 Å². The van der Waals surface area contributed by atoms with Gasteiger partial charge in [-0.2, -0.15) is 13.2 Å². The summed E-state index contributed by atoms with van der Waals surface area (Å²) in [7, 11) is 0. The van der Waals surface area contributed by atoms with Crippen LogP contribution in [-0.2, 0) is 22.3 Å². The van der Waals surface area contributed by atoms with Crippen LogP contribution in [0.4, 0.5) is 13.2 Å². The van der Waals surface area contributed by atoms with Gasteiger partial charge in [-0.3, -0.25) is 9.59 Å². The Morgan fingerprint density at radius 2 is 2.11 bits per heavy atom. The molecule has 5 nitrogen and oxygen atoms in total. The molecule has 2 fully saturated rings. The van der Waals surface area contributed by atoms with Crippen molar-refractivity contribution in [2.75, 3.05) is 26.2 Å². The molecule has 2 aliphatic heterocycles. The monoisotopic (exact) mass is 383 g/mol. The average Bonchev–Trinajstić information content (AvgIpc) is 3.18. The van der Waals surface area contributed by atoms with Crippen LogP contribution in [0.3, 0.4) is 0 Å². The molecule has 148 valence electrons. The predicted octanol–water partition coefficient (Wildman–Crippen LogP) is 2.25. The summed E-state index contributed by atoms with van der Waals surface area (Å²) in [5, 5.41) is 0. The molecule has 2 aliphatic rings. The second kappa shape index (κ2) is 7.14. The summed E-state index contributed by atoms with van der Waals surface area (Å²) in [6.07, 6.45) is -3.48. The minimum Gasteiger partial charge on any atom is -0.342 e. The van der Waals surface area contributed by atoms with E-state index in [9.17, 15) is 22.8 Å². The fourth-order valence-electron chi connectivity index (χ4n) is 3.79. The number of amides is 2. The highest BCUT2D eigenvalue weighted by Crippen LogP contribution is 2.32. The van der Waals surface area contributed by atoms with Crippen LogP contribution < -0.4 is 5.73 Å². The van der Waals surface area contributed by atoms with E-state index in [1.54, 1.807) is 11.0 Å². The zero-order valence-electron chi connectivity index (χ0n) is 15.3. The lowest BCUT2D eigenvalue weighted by Gasteiger charge is -2.24. The van der Waals surface area contributed by atoms with Crippen molar-refractivity contribution in [2.45, 2.75) is 32.5 Å². The second-order valence-electron chi connectivity index (χ2n) is 7.90. The lowest BCUT2D eigenvalue weighted by atomic mass is 9.90. The summed E-state index contributed by atoms with van der Waals surface area (Å²) in [4.78, 5) is 28.3. The number of nitrogens with zero attached hydrogens (tertiary/aromatic N) is 2. The van der Waals surface area contributed by atoms with Gasteiger partial charge in [0, 0.05) is 32.6 Å². The summed E-state index contributed by atoms with van der Waals surface area (Å²) in [5.41, 5.74) is 5.36. The van der Waals surface area contributed by atoms with Gasteiger partial charge >= 0.3 is 6.18 Å². The van der Waals surface area contributed by atoms with Crippen LogP contribution in [0.25, 0.3) is 0 Å². The highest BCUT2D eigenvalue weighted by molar-refractivity contribution is 5.89. The van der Waals surface area contributed by atoms with Crippen molar-refractivity contribution < 1.29 is 22.8 Å². The van der Waals surface area contributed by atoms with Crippen LogP contribution >= 0.6 is 0 Å². The summed E-state index contributed by atoms with van der Waals surface area (Å²) in [5.74, 6) is -0.706. The number of hydrogen-bond donors (Lipinski definition) is 1. The van der Waals surface area contributed by atoms with E-state index >= 15 is 0 Å². The highest BCUT2D eigenvalue weighted by Gasteiger charge is 2.41. The van der Waals surface area contributed by atoms with E-state index in [-0.39, 0.29) is 36.7 Å². The first-order valence-electron chi connectivity index (χ1n) is 9.04. The molecule has 3 rings (SSSR count). The van der Waals surface area contributed by atoms with Crippen molar-refractivity contribution in [3.8, 4) is 0 Å². The Labute approximate surface area is 156 Å². The molecular formula is C19H24F3N3O2. The third-order valence-corrected chi connectivity index (χ3v) is 5.55. The minimum atomic E-state index is -4.42. The van der Waals surface area contributed by atoms with Crippen molar-refractivity contribution in [3.05, 3.63) is 35.4 Å². The van der Waals surface area contributed by atoms with Crippen LogP contribution in [0.2, 0.25) is 0 Å². The molecule has 0 radical (unpaired) electrons. The SMILES string of the molecule is CC1(CN)CCN(C(=O)C2CC(=O)N(Cc3cccc(C(F)(F)F)c3)C2)C1. The Bertz CT molecular complexity index is 737. The van der Waals surface area contributed by atoms with Gasteiger partial charge in [0.1, 0.15) is 0 Å². The van der Waals surface area contributed by atoms with Gasteiger partial charge < -0.3 is 15.5 Å². The molecule has 0 aliphatic carbocycles. The molecule has 8 heteroatoms. The standard InChI is InChI=1S/C19H24F3N3O2/c1-18(11-23)5-6-24(12-18)17(27)14-8-16(26)25(10-14)9-13-3-2-4-15(7-13)19(20,21)22/h2-4,7,14H,5-6,8-12,23H2,1H3. The van der Waals surface area contributed by atoms with Gasteiger partial charge in [-0.15, -0.1) is 0 Å². The molecule has 2 N–H and O–H groups in total. The molecular weight excluding hydrogens is 359 g/mol. The molecule has 27 heavy (non-hydrogen) atoms. The molecule has 0 bridgehead atoms. The Hall–Kier alpha value is -2.09. The molecule has 2 amide bonds. The van der Waals surface area contributed by atoms with Gasteiger partial charge in [0.05, 0.1) is 11.5 Å². The van der Waals surface area contributed by atoms with E-state index in [4.69, 9.17) is 5.73 Å². The summed E-state index contributed by atoms with van der Waals surface area (Å²) in [6.45, 7) is 4.07. The number of hydrogen-bond acceptors (Lipinski definition) is 3. The van der Waals surface area contributed by atoms with E-state index in [0.717, 1.165) is 18.6 Å². The first kappa shape index (κ1) is 19.7. The van der Waals surface area contributed by atoms with Crippen molar-refractivity contribution >= 4 is 11.8 Å². The summed E-state index contributed by atoms with van der Waals surface area (Å²) in [6, 6.07) is 4.95. The van der Waals surface area contributed by atoms with Gasteiger partial charge in [0.15, 0.2) is 0 Å². The third kappa shape index (κ3) is 4.26. The third-order valence-electron chi connectivity index (χ3n) is 5.55. The van der Waals surface area contributed by atoms with Gasteiger partial charge in [0.25, 0.3) is 0 Å². The van der Waals surface area contributed by atoms with E-state index in [0.29, 0.717) is 25.2 Å². The number of carbonyl (C=O) groups is 2. The quantitative estimate of drug-likeness (QED) is 0.867. The van der Waals surface area contributed by atoms with Crippen molar-refractivity contribution in [1.82, 2.24) is 9.80 Å². The Morgan fingerprint density at radius 3 is 2.74 bits per heavy atom. The number of alkyl halides is 3. The lowest BCUT2D eigenvalue weighted by molar-refractivity contribution is -0.137. The fraction of sp³-hybridized carbons (Fsp3) is 0.579. The maximum atomic E-state index is 12.9. The average molecular weight is 383 g/mol. The molecule has 2 unspecified atom stereocenters. The van der Waals surface area contributed by atoms with Crippen molar-refractivity contribution in [3.63, 3.8) is 0 Å². The number of rotatable bonds is 4. The number of nitrogens with two attached hydrogens (primary N) is 1. The lowest BCUT2D eigenvalue weighted by Crippen LogP contribution is -2.38. The molecule has 2 heterocycles. The molecule has 1 aromatic rings. The molecule has 2 saturated heterocycles. The van der Waals surface area contributed by atoms with Gasteiger partial charge in [-0.25, -0.2) is 0 Å². The molecule has 2 atom stereocenters. The Kier molecular flexibility index (Phi) is 5.20. The normalized spacial score (nSPS) is 26.1. The van der Waals surface area contributed by atoms with Crippen molar-refractivity contribution in [2.24, 2.45) is 17.1 Å². The number of likely N-dealkylation sites (tertiary alicyclic amines) is 2. The van der Waals surface area contributed by atoms with Gasteiger partial charge in [-0.1, -0.05) is 19.1 Å². The molecule has 0 spiro atoms. The van der Waals surface area contributed by atoms with E-state index in [1.165, 1.54) is 11.0 Å². The van der Waals surface area contributed by atoms with E-state index in [1.807, 2.05) is 6.92 Å². The number of halogens is 3. The minimum absolute atomic E-state index is 0.0629. The Morgan fingerprint density at radius 1 is 1.37 bits per heavy atom. The van der Waals surface area contributed by atoms with Crippen LogP contribution in [0.1, 0.15) is 30.9 Å². The molecule has 0 aromatic heterocycles. The summed E-state index contributed by atoms with van der Waals surface area (Å²) >= 11 is 0. The van der Waals surface area contributed by atoms with Crippen LogP contribution in [0.5, 0.6) is 0 Å². The topological polar surface area (TPSA) is 66.6 Å². The Balaban J connectivity index is 1.64. The highest BCUT2D eigenvalue weighted by atomic mass is 19.4. The smallest absolute Gasteiger partial charge is 0.342 e. The zero-order chi connectivity index (χ0) is 19.8. The van der Waals surface area contributed by atoms with Crippen LogP contribution in [-0.4, -0.2) is 47.8 Å². The predicted molar refractivity (Wildman–Crippen MR) is 93.3 cm³/mol. The van der Waals surface area contributed by atoms with Gasteiger partial charge in [0.2, 0.25) is 11.8 Å². The largest absolute Gasteiger partial charge is 0.416 e. The number of carbonyl (C=O) groups excluding carboxylic acids is 2. The van der Waals surface area contributed by atoms with Gasteiger partial charge in [-0.05, 0) is 36.1 Å². The molecule has 0 saturated carbocycles. The van der Waals surface area contributed by atoms with Crippen LogP contribution in [0, 0.1) is 11.3 Å². The maximum Gasteiger partial charge on any atom is 0.416 e. The fourth-order valence-corrected chi connectivity index (χ4v) is 3.79. The maximum absolute atomic E-state index is 12.9. The number of benzene rings is 1.